The number of amides is 1. The van der Waals surface area contributed by atoms with Gasteiger partial charge in [0.15, 0.2) is 0 Å². The second-order valence-electron chi connectivity index (χ2n) is 4.75. The number of halogens is 1. The number of hydrogen-bond acceptors (Lipinski definition) is 3. The minimum atomic E-state index is -0.0236. The average Bonchev–Trinajstić information content (AvgIpc) is 2.38. The Bertz CT molecular complexity index is 436. The van der Waals surface area contributed by atoms with E-state index in [0.717, 1.165) is 30.3 Å². The molecule has 0 aliphatic carbocycles. The van der Waals surface area contributed by atoms with Gasteiger partial charge in [-0.2, -0.15) is 0 Å². The lowest BCUT2D eigenvalue weighted by Gasteiger charge is -2.37. The fourth-order valence-electron chi connectivity index (χ4n) is 2.44. The lowest BCUT2D eigenvalue weighted by atomic mass is 9.96. The van der Waals surface area contributed by atoms with E-state index in [9.17, 15) is 4.79 Å². The first kappa shape index (κ1) is 13.5. The van der Waals surface area contributed by atoms with Crippen LogP contribution in [0.2, 0.25) is 0 Å². The molecule has 18 heavy (non-hydrogen) atoms. The Morgan fingerprint density at radius 3 is 3.06 bits per heavy atom. The number of hydrogen-bond donors (Lipinski definition) is 1. The van der Waals surface area contributed by atoms with Gasteiger partial charge in [-0.15, -0.1) is 0 Å². The Morgan fingerprint density at radius 1 is 1.61 bits per heavy atom. The molecule has 1 aromatic rings. The first-order valence-electron chi connectivity index (χ1n) is 6.28. The van der Waals surface area contributed by atoms with Gasteiger partial charge in [0.1, 0.15) is 5.69 Å². The molecule has 0 radical (unpaired) electrons. The zero-order valence-electron chi connectivity index (χ0n) is 10.5. The Kier molecular flexibility index (Phi) is 4.35. The number of likely N-dealkylation sites (tertiary alicyclic amines) is 1. The molecule has 0 bridgehead atoms. The van der Waals surface area contributed by atoms with Gasteiger partial charge in [-0.1, -0.05) is 0 Å². The standard InChI is InChI=1S/C13H18BrN3O/c1-9(15)11-6-2-3-8-17(11)13(18)12-10(14)5-4-7-16-12/h4-5,7,9,11H,2-3,6,8,15H2,1H3. The number of aromatic nitrogens is 1. The molecule has 2 heterocycles. The normalized spacial score (nSPS) is 21.7. The van der Waals surface area contributed by atoms with Crippen molar-refractivity contribution in [1.29, 1.82) is 0 Å². The molecule has 0 saturated carbocycles. The van der Waals surface area contributed by atoms with Crippen LogP contribution in [0.5, 0.6) is 0 Å². The minimum Gasteiger partial charge on any atom is -0.333 e. The van der Waals surface area contributed by atoms with Crippen LogP contribution in [-0.4, -0.2) is 34.4 Å². The highest BCUT2D eigenvalue weighted by Crippen LogP contribution is 2.23. The largest absolute Gasteiger partial charge is 0.333 e. The molecule has 4 nitrogen and oxygen atoms in total. The van der Waals surface area contributed by atoms with Gasteiger partial charge in [0.05, 0.1) is 0 Å². The fourth-order valence-corrected chi connectivity index (χ4v) is 2.86. The molecular weight excluding hydrogens is 294 g/mol. The Balaban J connectivity index is 2.24. The molecule has 1 aromatic heterocycles. The van der Waals surface area contributed by atoms with Crippen molar-refractivity contribution in [1.82, 2.24) is 9.88 Å². The van der Waals surface area contributed by atoms with E-state index in [2.05, 4.69) is 20.9 Å². The van der Waals surface area contributed by atoms with Crippen molar-refractivity contribution in [2.24, 2.45) is 5.73 Å². The Hall–Kier alpha value is -0.940. The molecule has 1 fully saturated rings. The number of pyridine rings is 1. The smallest absolute Gasteiger partial charge is 0.273 e. The maximum absolute atomic E-state index is 12.5. The Morgan fingerprint density at radius 2 is 2.39 bits per heavy atom. The van der Waals surface area contributed by atoms with Crippen molar-refractivity contribution in [3.63, 3.8) is 0 Å². The van der Waals surface area contributed by atoms with E-state index in [1.165, 1.54) is 0 Å². The van der Waals surface area contributed by atoms with Gasteiger partial charge in [0.2, 0.25) is 0 Å². The van der Waals surface area contributed by atoms with Crippen molar-refractivity contribution >= 4 is 21.8 Å². The number of rotatable bonds is 2. The summed E-state index contributed by atoms with van der Waals surface area (Å²) < 4.78 is 0.740. The summed E-state index contributed by atoms with van der Waals surface area (Å²) >= 11 is 3.38. The number of carbonyl (C=O) groups excluding carboxylic acids is 1. The van der Waals surface area contributed by atoms with Gasteiger partial charge in [-0.05, 0) is 54.2 Å². The van der Waals surface area contributed by atoms with Gasteiger partial charge in [0, 0.05) is 29.3 Å². The molecule has 0 aromatic carbocycles. The first-order valence-corrected chi connectivity index (χ1v) is 7.07. The van der Waals surface area contributed by atoms with Crippen molar-refractivity contribution in [2.75, 3.05) is 6.54 Å². The molecule has 5 heteroatoms. The van der Waals surface area contributed by atoms with E-state index in [4.69, 9.17) is 5.73 Å². The number of nitrogens with two attached hydrogens (primary N) is 1. The molecule has 2 N–H and O–H groups in total. The van der Waals surface area contributed by atoms with Crippen LogP contribution >= 0.6 is 15.9 Å². The molecule has 0 spiro atoms. The average molecular weight is 312 g/mol. The number of nitrogens with zero attached hydrogens (tertiary/aromatic N) is 2. The minimum absolute atomic E-state index is 0.00302. The van der Waals surface area contributed by atoms with Crippen LogP contribution in [0.4, 0.5) is 0 Å². The zero-order valence-corrected chi connectivity index (χ0v) is 12.1. The van der Waals surface area contributed by atoms with Crippen LogP contribution in [0.15, 0.2) is 22.8 Å². The lowest BCUT2D eigenvalue weighted by Crippen LogP contribution is -2.51. The number of carbonyl (C=O) groups is 1. The molecule has 1 amide bonds. The van der Waals surface area contributed by atoms with Crippen LogP contribution in [0, 0.1) is 0 Å². The van der Waals surface area contributed by atoms with E-state index in [-0.39, 0.29) is 18.0 Å². The van der Waals surface area contributed by atoms with Crippen LogP contribution in [0.25, 0.3) is 0 Å². The second kappa shape index (κ2) is 5.80. The van der Waals surface area contributed by atoms with E-state index in [1.54, 1.807) is 12.3 Å². The highest BCUT2D eigenvalue weighted by molar-refractivity contribution is 9.10. The lowest BCUT2D eigenvalue weighted by molar-refractivity contribution is 0.0576. The van der Waals surface area contributed by atoms with Gasteiger partial charge < -0.3 is 10.6 Å². The van der Waals surface area contributed by atoms with Crippen LogP contribution in [-0.2, 0) is 0 Å². The summed E-state index contributed by atoms with van der Waals surface area (Å²) in [5.41, 5.74) is 6.46. The highest BCUT2D eigenvalue weighted by atomic mass is 79.9. The van der Waals surface area contributed by atoms with Crippen molar-refractivity contribution in [3.05, 3.63) is 28.5 Å². The predicted molar refractivity (Wildman–Crippen MR) is 74.3 cm³/mol. The van der Waals surface area contributed by atoms with Gasteiger partial charge in [-0.3, -0.25) is 4.79 Å². The van der Waals surface area contributed by atoms with Gasteiger partial charge >= 0.3 is 0 Å². The third kappa shape index (κ3) is 2.72. The van der Waals surface area contributed by atoms with Gasteiger partial charge in [0.25, 0.3) is 5.91 Å². The molecule has 2 unspecified atom stereocenters. The monoisotopic (exact) mass is 311 g/mol. The quantitative estimate of drug-likeness (QED) is 0.910. The fraction of sp³-hybridized carbons (Fsp3) is 0.538. The maximum Gasteiger partial charge on any atom is 0.273 e. The Labute approximate surface area is 116 Å². The molecule has 2 atom stereocenters. The highest BCUT2D eigenvalue weighted by Gasteiger charge is 2.31. The van der Waals surface area contributed by atoms with Crippen LogP contribution < -0.4 is 5.73 Å². The maximum atomic E-state index is 12.5. The summed E-state index contributed by atoms with van der Waals surface area (Å²) in [5, 5.41) is 0. The molecule has 98 valence electrons. The van der Waals surface area contributed by atoms with E-state index < -0.39 is 0 Å². The molecule has 1 aliphatic rings. The van der Waals surface area contributed by atoms with Crippen molar-refractivity contribution < 1.29 is 4.79 Å². The van der Waals surface area contributed by atoms with Gasteiger partial charge in [-0.25, -0.2) is 4.98 Å². The molecule has 1 saturated heterocycles. The number of piperidine rings is 1. The SMILES string of the molecule is CC(N)C1CCCCN1C(=O)c1ncccc1Br. The summed E-state index contributed by atoms with van der Waals surface area (Å²) in [5.74, 6) is -0.0236. The predicted octanol–water partition coefficient (Wildman–Crippen LogP) is 2.19. The third-order valence-electron chi connectivity index (χ3n) is 3.38. The summed E-state index contributed by atoms with van der Waals surface area (Å²) in [7, 11) is 0. The summed E-state index contributed by atoms with van der Waals surface area (Å²) in [4.78, 5) is 18.6. The third-order valence-corrected chi connectivity index (χ3v) is 4.02. The van der Waals surface area contributed by atoms with E-state index in [0.29, 0.717) is 5.69 Å². The zero-order chi connectivity index (χ0) is 13.1. The van der Waals surface area contributed by atoms with Crippen molar-refractivity contribution in [2.45, 2.75) is 38.3 Å². The summed E-state index contributed by atoms with van der Waals surface area (Å²) in [6.45, 7) is 2.73. The second-order valence-corrected chi connectivity index (χ2v) is 5.61. The summed E-state index contributed by atoms with van der Waals surface area (Å²) in [6, 6.07) is 3.77. The topological polar surface area (TPSA) is 59.2 Å². The molecule has 1 aliphatic heterocycles. The molecule has 2 rings (SSSR count). The summed E-state index contributed by atoms with van der Waals surface area (Å²) in [6.07, 6.45) is 4.80. The first-order chi connectivity index (χ1) is 8.61. The van der Waals surface area contributed by atoms with Crippen LogP contribution in [0.3, 0.4) is 0 Å². The van der Waals surface area contributed by atoms with E-state index in [1.807, 2.05) is 17.9 Å². The van der Waals surface area contributed by atoms with Crippen LogP contribution in [0.1, 0.15) is 36.7 Å². The van der Waals surface area contributed by atoms with Crippen molar-refractivity contribution in [3.8, 4) is 0 Å². The van der Waals surface area contributed by atoms with E-state index >= 15 is 0 Å². The molecular formula is C13H18BrN3O.